The van der Waals surface area contributed by atoms with Gasteiger partial charge in [-0.3, -0.25) is 9.59 Å². The van der Waals surface area contributed by atoms with E-state index in [-0.39, 0.29) is 26.8 Å². The van der Waals surface area contributed by atoms with E-state index in [2.05, 4.69) is 4.99 Å². The van der Waals surface area contributed by atoms with Gasteiger partial charge in [0.1, 0.15) is 16.4 Å². The predicted octanol–water partition coefficient (Wildman–Crippen LogP) is 0.808. The van der Waals surface area contributed by atoms with E-state index in [0.717, 1.165) is 10.6 Å². The molecule has 0 saturated heterocycles. The fourth-order valence-electron chi connectivity index (χ4n) is 2.66. The second kappa shape index (κ2) is 5.38. The summed E-state index contributed by atoms with van der Waals surface area (Å²) in [5.41, 5.74) is 0.317. The molecule has 8 heteroatoms. The highest BCUT2D eigenvalue weighted by atomic mass is 32.1. The summed E-state index contributed by atoms with van der Waals surface area (Å²) in [4.78, 5) is 27.9. The molecule has 0 aliphatic carbocycles. The summed E-state index contributed by atoms with van der Waals surface area (Å²) in [7, 11) is 0. The summed E-state index contributed by atoms with van der Waals surface area (Å²) in [5, 5.41) is 20.4. The number of phenolic OH excluding ortho intramolecular Hbond substituents is 1. The minimum atomic E-state index is -0.644. The van der Waals surface area contributed by atoms with Gasteiger partial charge in [0, 0.05) is 5.22 Å². The van der Waals surface area contributed by atoms with Crippen molar-refractivity contribution in [1.29, 1.82) is 0 Å². The lowest BCUT2D eigenvalue weighted by Crippen LogP contribution is -2.23. The third-order valence-electron chi connectivity index (χ3n) is 3.79. The van der Waals surface area contributed by atoms with Gasteiger partial charge in [-0.15, -0.1) is 0 Å². The van der Waals surface area contributed by atoms with Crippen LogP contribution in [0.2, 0.25) is 0 Å². The fraction of sp³-hybridized carbons (Fsp3) is 0. The van der Waals surface area contributed by atoms with Crippen LogP contribution in [0.3, 0.4) is 0 Å². The van der Waals surface area contributed by atoms with E-state index in [1.165, 1.54) is 36.4 Å². The number of hydrogen-bond acceptors (Lipinski definition) is 5. The number of rotatable bonds is 2. The van der Waals surface area contributed by atoms with Crippen molar-refractivity contribution in [3.8, 4) is 17.3 Å². The number of hydrogen-bond donors (Lipinski definition) is 2. The minimum absolute atomic E-state index is 0.00775. The van der Waals surface area contributed by atoms with Crippen LogP contribution >= 0.6 is 11.3 Å². The van der Waals surface area contributed by atoms with Crippen molar-refractivity contribution in [3.63, 3.8) is 0 Å². The monoisotopic (exact) mass is 356 g/mol. The van der Waals surface area contributed by atoms with E-state index in [0.29, 0.717) is 17.0 Å². The SMILES string of the molecule is O=C1N=c2ccc(F)cc2=C1c1sc(=O)n(-c2ccc(O)cc2)c1O. The molecule has 2 heterocycles. The van der Waals surface area contributed by atoms with Crippen LogP contribution in [-0.2, 0) is 4.79 Å². The first-order chi connectivity index (χ1) is 12.0. The summed E-state index contributed by atoms with van der Waals surface area (Å²) >= 11 is 0.665. The van der Waals surface area contributed by atoms with Crippen LogP contribution in [0.25, 0.3) is 11.3 Å². The number of aromatic nitrogens is 1. The second-order valence-electron chi connectivity index (χ2n) is 5.33. The highest BCUT2D eigenvalue weighted by Gasteiger charge is 2.26. The number of nitrogens with zero attached hydrogens (tertiary/aromatic N) is 2. The Bertz CT molecular complexity index is 1210. The number of amides is 1. The Kier molecular flexibility index (Phi) is 3.29. The molecule has 6 nitrogen and oxygen atoms in total. The molecule has 0 atom stereocenters. The Hall–Kier alpha value is -3.26. The Morgan fingerprint density at radius 3 is 2.48 bits per heavy atom. The van der Waals surface area contributed by atoms with Gasteiger partial charge in [0.2, 0.25) is 5.88 Å². The molecule has 0 unspecified atom stereocenters. The van der Waals surface area contributed by atoms with Crippen LogP contribution in [0.5, 0.6) is 11.6 Å². The van der Waals surface area contributed by atoms with Gasteiger partial charge in [-0.2, -0.15) is 0 Å². The molecule has 124 valence electrons. The number of fused-ring (bicyclic) bond motifs is 1. The third-order valence-corrected chi connectivity index (χ3v) is 4.73. The first kappa shape index (κ1) is 15.3. The number of benzene rings is 2. The highest BCUT2D eigenvalue weighted by Crippen LogP contribution is 2.30. The molecule has 4 rings (SSSR count). The Morgan fingerprint density at radius 1 is 1.04 bits per heavy atom. The molecule has 25 heavy (non-hydrogen) atoms. The van der Waals surface area contributed by atoms with Crippen molar-refractivity contribution in [2.75, 3.05) is 0 Å². The van der Waals surface area contributed by atoms with E-state index in [9.17, 15) is 24.2 Å². The van der Waals surface area contributed by atoms with Crippen LogP contribution in [-0.4, -0.2) is 20.7 Å². The van der Waals surface area contributed by atoms with E-state index in [1.807, 2.05) is 0 Å². The van der Waals surface area contributed by atoms with E-state index < -0.39 is 22.5 Å². The zero-order valence-electron chi connectivity index (χ0n) is 12.4. The largest absolute Gasteiger partial charge is 0.508 e. The lowest BCUT2D eigenvalue weighted by Gasteiger charge is -2.04. The standard InChI is InChI=1S/C17H9FN2O4S/c18-8-1-6-12-11(7-8)13(15(22)19-12)14-16(23)20(17(24)25-14)9-2-4-10(21)5-3-9/h1-7,21,23H. The number of aromatic hydroxyl groups is 2. The van der Waals surface area contributed by atoms with Crippen LogP contribution in [0, 0.1) is 5.82 Å². The van der Waals surface area contributed by atoms with Crippen molar-refractivity contribution in [1.82, 2.24) is 4.57 Å². The predicted molar refractivity (Wildman–Crippen MR) is 87.9 cm³/mol. The molecule has 0 bridgehead atoms. The van der Waals surface area contributed by atoms with E-state index in [4.69, 9.17) is 0 Å². The van der Waals surface area contributed by atoms with Gasteiger partial charge in [0.25, 0.3) is 5.91 Å². The normalized spacial score (nSPS) is 13.0. The van der Waals surface area contributed by atoms with Crippen LogP contribution < -0.4 is 15.4 Å². The zero-order valence-corrected chi connectivity index (χ0v) is 13.2. The molecular weight excluding hydrogens is 347 g/mol. The van der Waals surface area contributed by atoms with Crippen molar-refractivity contribution >= 4 is 22.8 Å². The molecular formula is C17H9FN2O4S. The molecule has 2 aromatic carbocycles. The van der Waals surface area contributed by atoms with Gasteiger partial charge in [-0.1, -0.05) is 11.3 Å². The summed E-state index contributed by atoms with van der Waals surface area (Å²) in [6, 6.07) is 9.33. The van der Waals surface area contributed by atoms with Crippen molar-refractivity contribution < 1.29 is 19.4 Å². The smallest absolute Gasteiger partial charge is 0.315 e. The first-order valence-corrected chi connectivity index (χ1v) is 7.95. The molecule has 0 spiro atoms. The number of thiazole rings is 1. The number of halogens is 1. The van der Waals surface area contributed by atoms with Crippen LogP contribution in [0.4, 0.5) is 4.39 Å². The van der Waals surface area contributed by atoms with Gasteiger partial charge in [-0.25, -0.2) is 13.9 Å². The van der Waals surface area contributed by atoms with Crippen molar-refractivity contribution in [2.45, 2.75) is 0 Å². The quantitative estimate of drug-likeness (QED) is 0.711. The van der Waals surface area contributed by atoms with Gasteiger partial charge in [-0.05, 0) is 42.5 Å². The average molecular weight is 356 g/mol. The maximum Gasteiger partial charge on any atom is 0.315 e. The average Bonchev–Trinajstić information content (AvgIpc) is 3.04. The lowest BCUT2D eigenvalue weighted by molar-refractivity contribution is -0.112. The summed E-state index contributed by atoms with van der Waals surface area (Å²) < 4.78 is 14.6. The Balaban J connectivity index is 2.00. The van der Waals surface area contributed by atoms with Crippen LogP contribution in [0.15, 0.2) is 52.3 Å². The minimum Gasteiger partial charge on any atom is -0.508 e. The second-order valence-corrected chi connectivity index (χ2v) is 6.29. The topological polar surface area (TPSA) is 91.9 Å². The summed E-state index contributed by atoms with van der Waals surface area (Å²) in [6.45, 7) is 0. The lowest BCUT2D eigenvalue weighted by atomic mass is 10.1. The fourth-order valence-corrected chi connectivity index (χ4v) is 3.60. The number of carbonyl (C=O) groups is 1. The molecule has 1 aliphatic heterocycles. The molecule has 0 saturated carbocycles. The number of carbonyl (C=O) groups excluding carboxylic acids is 1. The van der Waals surface area contributed by atoms with Crippen LogP contribution in [0.1, 0.15) is 4.88 Å². The van der Waals surface area contributed by atoms with Gasteiger partial charge in [0.15, 0.2) is 0 Å². The maximum atomic E-state index is 13.5. The first-order valence-electron chi connectivity index (χ1n) is 7.13. The van der Waals surface area contributed by atoms with Gasteiger partial charge < -0.3 is 10.2 Å². The molecule has 1 amide bonds. The van der Waals surface area contributed by atoms with E-state index >= 15 is 0 Å². The number of phenols is 1. The Morgan fingerprint density at radius 2 is 1.76 bits per heavy atom. The maximum absolute atomic E-state index is 13.5. The molecule has 1 aromatic heterocycles. The van der Waals surface area contributed by atoms with Gasteiger partial charge in [0.05, 0.1) is 16.6 Å². The van der Waals surface area contributed by atoms with E-state index in [1.54, 1.807) is 0 Å². The zero-order chi connectivity index (χ0) is 17.7. The molecule has 3 aromatic rings. The molecule has 1 aliphatic rings. The molecule has 2 N–H and O–H groups in total. The van der Waals surface area contributed by atoms with Crippen molar-refractivity contribution in [2.24, 2.45) is 4.99 Å². The summed E-state index contributed by atoms with van der Waals surface area (Å²) in [5.74, 6) is -1.62. The van der Waals surface area contributed by atoms with Gasteiger partial charge >= 0.3 is 4.87 Å². The third kappa shape index (κ3) is 2.34. The molecule has 0 radical (unpaired) electrons. The Labute approximate surface area is 143 Å². The summed E-state index contributed by atoms with van der Waals surface area (Å²) in [6.07, 6.45) is 0. The highest BCUT2D eigenvalue weighted by molar-refractivity contribution is 7.11. The van der Waals surface area contributed by atoms with Crippen molar-refractivity contribution in [3.05, 3.63) is 73.4 Å². The molecule has 0 fully saturated rings.